The predicted octanol–water partition coefficient (Wildman–Crippen LogP) is 3.85. The van der Waals surface area contributed by atoms with Crippen LogP contribution in [0.4, 0.5) is 0 Å². The first-order valence-electron chi connectivity index (χ1n) is 5.65. The number of alkyl halides is 1. The molecule has 3 unspecified atom stereocenters. The van der Waals surface area contributed by atoms with E-state index < -0.39 is 0 Å². The Morgan fingerprint density at radius 3 is 2.43 bits per heavy atom. The van der Waals surface area contributed by atoms with Crippen LogP contribution in [-0.4, -0.2) is 18.1 Å². The minimum atomic E-state index is 0.0319. The Bertz CT molecular complexity index is 179. The summed E-state index contributed by atoms with van der Waals surface area (Å²) in [6, 6.07) is 0. The molecule has 84 valence electrons. The van der Waals surface area contributed by atoms with Gasteiger partial charge in [0.2, 0.25) is 0 Å². The van der Waals surface area contributed by atoms with E-state index >= 15 is 0 Å². The van der Waals surface area contributed by atoms with Crippen molar-refractivity contribution in [3.8, 4) is 0 Å². The van der Waals surface area contributed by atoms with Gasteiger partial charge >= 0.3 is 0 Å². The molecule has 0 bridgehead atoms. The molecular formula is C12H23ClO. The van der Waals surface area contributed by atoms with Gasteiger partial charge in [-0.05, 0) is 51.4 Å². The van der Waals surface area contributed by atoms with Crippen molar-refractivity contribution in [2.24, 2.45) is 11.8 Å². The van der Waals surface area contributed by atoms with E-state index in [9.17, 15) is 0 Å². The summed E-state index contributed by atoms with van der Waals surface area (Å²) >= 11 is 6.21. The molecule has 1 aliphatic rings. The Labute approximate surface area is 93.2 Å². The van der Waals surface area contributed by atoms with Crippen molar-refractivity contribution in [1.82, 2.24) is 0 Å². The summed E-state index contributed by atoms with van der Waals surface area (Å²) in [6.45, 7) is 6.60. The molecule has 3 atom stereocenters. The van der Waals surface area contributed by atoms with Crippen LogP contribution in [0.5, 0.6) is 0 Å². The standard InChI is InChI=1S/C12H23ClO/c1-9-10(5-6-11(9)13)7-8-12(2,3)14-4/h9-11H,5-8H2,1-4H3. The minimum Gasteiger partial charge on any atom is -0.379 e. The summed E-state index contributed by atoms with van der Waals surface area (Å²) in [6.07, 6.45) is 4.89. The lowest BCUT2D eigenvalue weighted by Crippen LogP contribution is -2.24. The lowest BCUT2D eigenvalue weighted by molar-refractivity contribution is 0.00934. The number of hydrogen-bond donors (Lipinski definition) is 0. The number of halogens is 1. The first kappa shape index (κ1) is 12.3. The molecule has 0 heterocycles. The van der Waals surface area contributed by atoms with Gasteiger partial charge in [-0.25, -0.2) is 0 Å². The van der Waals surface area contributed by atoms with Crippen molar-refractivity contribution in [1.29, 1.82) is 0 Å². The zero-order valence-corrected chi connectivity index (χ0v) is 10.6. The van der Waals surface area contributed by atoms with Crippen LogP contribution >= 0.6 is 11.6 Å². The van der Waals surface area contributed by atoms with Gasteiger partial charge in [0.05, 0.1) is 5.60 Å². The molecule has 0 radical (unpaired) electrons. The molecule has 14 heavy (non-hydrogen) atoms. The molecule has 0 saturated heterocycles. The van der Waals surface area contributed by atoms with Gasteiger partial charge in [-0.3, -0.25) is 0 Å². The molecular weight excluding hydrogens is 196 g/mol. The normalized spacial score (nSPS) is 33.6. The summed E-state index contributed by atoms with van der Waals surface area (Å²) in [5, 5.41) is 0.408. The molecule has 1 nitrogen and oxygen atoms in total. The maximum atomic E-state index is 6.21. The van der Waals surface area contributed by atoms with Gasteiger partial charge in [0, 0.05) is 12.5 Å². The van der Waals surface area contributed by atoms with Crippen LogP contribution in [0.3, 0.4) is 0 Å². The average Bonchev–Trinajstić information content (AvgIpc) is 2.45. The SMILES string of the molecule is COC(C)(C)CCC1CCC(Cl)C1C. The average molecular weight is 219 g/mol. The molecule has 0 aliphatic heterocycles. The minimum absolute atomic E-state index is 0.0319. The lowest BCUT2D eigenvalue weighted by Gasteiger charge is -2.26. The van der Waals surface area contributed by atoms with E-state index in [1.54, 1.807) is 7.11 Å². The van der Waals surface area contributed by atoms with Crippen molar-refractivity contribution in [2.75, 3.05) is 7.11 Å². The van der Waals surface area contributed by atoms with Crippen LogP contribution in [-0.2, 0) is 4.74 Å². The largest absolute Gasteiger partial charge is 0.379 e. The molecule has 0 aromatic rings. The van der Waals surface area contributed by atoms with E-state index in [-0.39, 0.29) is 5.60 Å². The Kier molecular flexibility index (Phi) is 4.27. The molecule has 1 rings (SSSR count). The molecule has 1 fully saturated rings. The maximum absolute atomic E-state index is 6.21. The van der Waals surface area contributed by atoms with Crippen LogP contribution in [0.25, 0.3) is 0 Å². The second-order valence-corrected chi connectivity index (χ2v) is 5.78. The van der Waals surface area contributed by atoms with Crippen molar-refractivity contribution in [3.05, 3.63) is 0 Å². The van der Waals surface area contributed by atoms with Gasteiger partial charge < -0.3 is 4.74 Å². The monoisotopic (exact) mass is 218 g/mol. The summed E-state index contributed by atoms with van der Waals surface area (Å²) in [7, 11) is 1.79. The summed E-state index contributed by atoms with van der Waals surface area (Å²) in [5.74, 6) is 1.50. The van der Waals surface area contributed by atoms with Crippen LogP contribution in [0.2, 0.25) is 0 Å². The molecule has 2 heteroatoms. The summed E-state index contributed by atoms with van der Waals surface area (Å²) in [5.41, 5.74) is 0.0319. The van der Waals surface area contributed by atoms with Crippen LogP contribution in [0, 0.1) is 11.8 Å². The zero-order chi connectivity index (χ0) is 10.8. The fourth-order valence-electron chi connectivity index (χ4n) is 2.24. The van der Waals surface area contributed by atoms with Crippen LogP contribution in [0.1, 0.15) is 46.5 Å². The molecule has 0 aromatic heterocycles. The van der Waals surface area contributed by atoms with Gasteiger partial charge in [0.25, 0.3) is 0 Å². The predicted molar refractivity (Wildman–Crippen MR) is 61.9 cm³/mol. The van der Waals surface area contributed by atoms with E-state index in [0.29, 0.717) is 11.3 Å². The van der Waals surface area contributed by atoms with Gasteiger partial charge in [-0.1, -0.05) is 6.92 Å². The van der Waals surface area contributed by atoms with Crippen LogP contribution in [0.15, 0.2) is 0 Å². The topological polar surface area (TPSA) is 9.23 Å². The van der Waals surface area contributed by atoms with E-state index in [1.807, 2.05) is 0 Å². The third kappa shape index (κ3) is 3.13. The third-order valence-corrected chi connectivity index (χ3v) is 4.41. The molecule has 0 amide bonds. The highest BCUT2D eigenvalue weighted by Crippen LogP contribution is 2.39. The first-order chi connectivity index (χ1) is 6.46. The fraction of sp³-hybridized carbons (Fsp3) is 1.00. The van der Waals surface area contributed by atoms with Gasteiger partial charge in [0.15, 0.2) is 0 Å². The molecule has 1 aliphatic carbocycles. The summed E-state index contributed by atoms with van der Waals surface area (Å²) < 4.78 is 5.43. The van der Waals surface area contributed by atoms with E-state index in [1.165, 1.54) is 19.3 Å². The molecule has 0 N–H and O–H groups in total. The van der Waals surface area contributed by atoms with Crippen molar-refractivity contribution < 1.29 is 4.74 Å². The van der Waals surface area contributed by atoms with Gasteiger partial charge in [0.1, 0.15) is 0 Å². The Hall–Kier alpha value is 0.250. The van der Waals surface area contributed by atoms with Crippen LogP contribution < -0.4 is 0 Å². The fourth-order valence-corrected chi connectivity index (χ4v) is 2.57. The van der Waals surface area contributed by atoms with Gasteiger partial charge in [-0.15, -0.1) is 11.6 Å². The van der Waals surface area contributed by atoms with Crippen molar-refractivity contribution in [3.63, 3.8) is 0 Å². The highest BCUT2D eigenvalue weighted by Gasteiger charge is 2.32. The Morgan fingerprint density at radius 2 is 2.00 bits per heavy atom. The second kappa shape index (κ2) is 4.85. The lowest BCUT2D eigenvalue weighted by atomic mass is 9.89. The van der Waals surface area contributed by atoms with E-state index in [2.05, 4.69) is 20.8 Å². The van der Waals surface area contributed by atoms with Gasteiger partial charge in [-0.2, -0.15) is 0 Å². The molecule has 1 saturated carbocycles. The summed E-state index contributed by atoms with van der Waals surface area (Å²) in [4.78, 5) is 0. The Balaban J connectivity index is 2.32. The molecule has 0 aromatic carbocycles. The second-order valence-electron chi connectivity index (χ2n) is 5.22. The number of methoxy groups -OCH3 is 1. The number of ether oxygens (including phenoxy) is 1. The number of rotatable bonds is 4. The third-order valence-electron chi connectivity index (χ3n) is 3.80. The van der Waals surface area contributed by atoms with E-state index in [4.69, 9.17) is 16.3 Å². The quantitative estimate of drug-likeness (QED) is 0.652. The number of hydrogen-bond acceptors (Lipinski definition) is 1. The maximum Gasteiger partial charge on any atom is 0.0622 e. The molecule has 0 spiro atoms. The van der Waals surface area contributed by atoms with Crippen molar-refractivity contribution in [2.45, 2.75) is 57.4 Å². The first-order valence-corrected chi connectivity index (χ1v) is 6.09. The Morgan fingerprint density at radius 1 is 1.36 bits per heavy atom. The zero-order valence-electron chi connectivity index (χ0n) is 9.85. The van der Waals surface area contributed by atoms with Crippen molar-refractivity contribution >= 4 is 11.6 Å². The highest BCUT2D eigenvalue weighted by molar-refractivity contribution is 6.20. The van der Waals surface area contributed by atoms with E-state index in [0.717, 1.165) is 12.3 Å². The highest BCUT2D eigenvalue weighted by atomic mass is 35.5. The smallest absolute Gasteiger partial charge is 0.0622 e.